The highest BCUT2D eigenvalue weighted by molar-refractivity contribution is 5.45. The smallest absolute Gasteiger partial charge is 0.160 e. The van der Waals surface area contributed by atoms with Crippen LogP contribution >= 0.6 is 0 Å². The zero-order valence-corrected chi connectivity index (χ0v) is 9.31. The number of methoxy groups -OCH3 is 1. The molecule has 0 saturated carbocycles. The molecule has 0 amide bonds. The van der Waals surface area contributed by atoms with Crippen molar-refractivity contribution < 1.29 is 14.9 Å². The van der Waals surface area contributed by atoms with E-state index in [9.17, 15) is 10.2 Å². The number of hydrogen-bond acceptors (Lipinski definition) is 4. The summed E-state index contributed by atoms with van der Waals surface area (Å²) in [6.45, 7) is 0.830. The molecule has 4 heteroatoms. The summed E-state index contributed by atoms with van der Waals surface area (Å²) in [5.41, 5.74) is 0.804. The maximum absolute atomic E-state index is 9.90. The lowest BCUT2D eigenvalue weighted by atomic mass is 10.0. The van der Waals surface area contributed by atoms with E-state index < -0.39 is 0 Å². The average molecular weight is 223 g/mol. The second-order valence-corrected chi connectivity index (χ2v) is 4.09. The fourth-order valence-electron chi connectivity index (χ4n) is 2.10. The van der Waals surface area contributed by atoms with E-state index in [1.165, 1.54) is 7.11 Å². The Bertz CT molecular complexity index is 367. The Balaban J connectivity index is 2.14. The van der Waals surface area contributed by atoms with Gasteiger partial charge in [-0.15, -0.1) is 0 Å². The monoisotopic (exact) mass is 223 g/mol. The number of rotatable bonds is 3. The summed E-state index contributed by atoms with van der Waals surface area (Å²) in [6, 6.07) is 5.44. The predicted octanol–water partition coefficient (Wildman–Crippen LogP) is 0.666. The number of para-hydroxylation sites is 1. The molecule has 1 aromatic carbocycles. The van der Waals surface area contributed by atoms with Crippen LogP contribution in [0.15, 0.2) is 18.2 Å². The van der Waals surface area contributed by atoms with Gasteiger partial charge in [0.1, 0.15) is 0 Å². The van der Waals surface area contributed by atoms with E-state index >= 15 is 0 Å². The van der Waals surface area contributed by atoms with Gasteiger partial charge in [-0.25, -0.2) is 0 Å². The summed E-state index contributed by atoms with van der Waals surface area (Å²) in [6.07, 6.45) is 1.06. The van der Waals surface area contributed by atoms with E-state index in [1.807, 2.05) is 12.1 Å². The molecule has 4 nitrogen and oxygen atoms in total. The van der Waals surface area contributed by atoms with Crippen LogP contribution < -0.4 is 10.1 Å². The largest absolute Gasteiger partial charge is 0.504 e. The Morgan fingerprint density at radius 3 is 2.94 bits per heavy atom. The van der Waals surface area contributed by atoms with Crippen molar-refractivity contribution in [1.29, 1.82) is 0 Å². The predicted molar refractivity (Wildman–Crippen MR) is 60.8 cm³/mol. The molecule has 3 N–H and O–H groups in total. The SMILES string of the molecule is COc1cccc(CC2NCCC2O)c1O. The number of phenolic OH excluding ortho intramolecular Hbond substituents is 1. The van der Waals surface area contributed by atoms with Gasteiger partial charge in [-0.3, -0.25) is 0 Å². The summed E-state index contributed by atoms with van der Waals surface area (Å²) in [5, 5.41) is 22.8. The molecule has 0 aliphatic carbocycles. The number of aliphatic hydroxyl groups is 1. The van der Waals surface area contributed by atoms with Crippen LogP contribution in [0.4, 0.5) is 0 Å². The number of phenols is 1. The lowest BCUT2D eigenvalue weighted by Gasteiger charge is -2.16. The maximum Gasteiger partial charge on any atom is 0.160 e. The third-order valence-electron chi connectivity index (χ3n) is 3.05. The average Bonchev–Trinajstić information content (AvgIpc) is 2.68. The first kappa shape index (κ1) is 11.2. The molecule has 0 aromatic heterocycles. The summed E-state index contributed by atoms with van der Waals surface area (Å²) in [7, 11) is 1.53. The molecule has 1 aromatic rings. The summed E-state index contributed by atoms with van der Waals surface area (Å²) in [4.78, 5) is 0. The number of nitrogens with one attached hydrogen (secondary N) is 1. The molecule has 1 fully saturated rings. The van der Waals surface area contributed by atoms with Crippen molar-refractivity contribution >= 4 is 0 Å². The molecular weight excluding hydrogens is 206 g/mol. The van der Waals surface area contributed by atoms with E-state index in [1.54, 1.807) is 6.07 Å². The minimum Gasteiger partial charge on any atom is -0.504 e. The molecule has 0 bridgehead atoms. The van der Waals surface area contributed by atoms with Gasteiger partial charge in [-0.05, 0) is 31.0 Å². The number of aromatic hydroxyl groups is 1. The summed E-state index contributed by atoms with van der Waals surface area (Å²) >= 11 is 0. The molecular formula is C12H17NO3. The van der Waals surface area contributed by atoms with Crippen LogP contribution in [0.25, 0.3) is 0 Å². The van der Waals surface area contributed by atoms with Gasteiger partial charge in [0, 0.05) is 6.04 Å². The highest BCUT2D eigenvalue weighted by atomic mass is 16.5. The minimum absolute atomic E-state index is 0.0259. The number of hydrogen-bond donors (Lipinski definition) is 3. The topological polar surface area (TPSA) is 61.7 Å². The molecule has 1 saturated heterocycles. The number of ether oxygens (including phenoxy) is 1. The highest BCUT2D eigenvalue weighted by Crippen LogP contribution is 2.30. The molecule has 0 spiro atoms. The van der Waals surface area contributed by atoms with E-state index in [0.717, 1.165) is 18.5 Å². The lowest BCUT2D eigenvalue weighted by molar-refractivity contribution is 0.159. The molecule has 2 atom stereocenters. The molecule has 88 valence electrons. The molecule has 2 rings (SSSR count). The Morgan fingerprint density at radius 2 is 2.31 bits per heavy atom. The van der Waals surface area contributed by atoms with Gasteiger partial charge in [-0.1, -0.05) is 12.1 Å². The van der Waals surface area contributed by atoms with Crippen molar-refractivity contribution in [3.05, 3.63) is 23.8 Å². The lowest BCUT2D eigenvalue weighted by Crippen LogP contribution is -2.32. The third kappa shape index (κ3) is 2.13. The van der Waals surface area contributed by atoms with Gasteiger partial charge in [0.25, 0.3) is 0 Å². The zero-order chi connectivity index (χ0) is 11.5. The Hall–Kier alpha value is -1.26. The fraction of sp³-hybridized carbons (Fsp3) is 0.500. The first-order chi connectivity index (χ1) is 7.72. The highest BCUT2D eigenvalue weighted by Gasteiger charge is 2.25. The second-order valence-electron chi connectivity index (χ2n) is 4.09. The first-order valence-corrected chi connectivity index (χ1v) is 5.48. The van der Waals surface area contributed by atoms with E-state index in [-0.39, 0.29) is 17.9 Å². The van der Waals surface area contributed by atoms with Gasteiger partial charge >= 0.3 is 0 Å². The van der Waals surface area contributed by atoms with Crippen molar-refractivity contribution in [2.75, 3.05) is 13.7 Å². The fourth-order valence-corrected chi connectivity index (χ4v) is 2.10. The van der Waals surface area contributed by atoms with Crippen molar-refractivity contribution in [3.8, 4) is 11.5 Å². The Kier molecular flexibility index (Phi) is 3.31. The molecule has 0 radical (unpaired) electrons. The Labute approximate surface area is 94.9 Å². The van der Waals surface area contributed by atoms with Gasteiger partial charge in [0.15, 0.2) is 11.5 Å². The molecule has 1 aliphatic heterocycles. The van der Waals surface area contributed by atoms with Crippen molar-refractivity contribution in [1.82, 2.24) is 5.32 Å². The van der Waals surface area contributed by atoms with Crippen LogP contribution in [0.2, 0.25) is 0 Å². The summed E-state index contributed by atoms with van der Waals surface area (Å²) < 4.78 is 5.04. The number of aliphatic hydroxyl groups excluding tert-OH is 1. The van der Waals surface area contributed by atoms with Crippen molar-refractivity contribution in [2.24, 2.45) is 0 Å². The van der Waals surface area contributed by atoms with Crippen LogP contribution in [0, 0.1) is 0 Å². The van der Waals surface area contributed by atoms with Crippen LogP contribution in [0.1, 0.15) is 12.0 Å². The van der Waals surface area contributed by atoms with Crippen LogP contribution in [0.3, 0.4) is 0 Å². The van der Waals surface area contributed by atoms with Gasteiger partial charge in [0.05, 0.1) is 13.2 Å². The quantitative estimate of drug-likeness (QED) is 0.704. The zero-order valence-electron chi connectivity index (χ0n) is 9.31. The maximum atomic E-state index is 9.90. The first-order valence-electron chi connectivity index (χ1n) is 5.48. The molecule has 2 unspecified atom stereocenters. The molecule has 16 heavy (non-hydrogen) atoms. The minimum atomic E-state index is -0.328. The van der Waals surface area contributed by atoms with Crippen LogP contribution in [0.5, 0.6) is 11.5 Å². The van der Waals surface area contributed by atoms with E-state index in [2.05, 4.69) is 5.32 Å². The summed E-state index contributed by atoms with van der Waals surface area (Å²) in [5.74, 6) is 0.649. The van der Waals surface area contributed by atoms with Gasteiger partial charge < -0.3 is 20.3 Å². The van der Waals surface area contributed by atoms with Crippen molar-refractivity contribution in [3.63, 3.8) is 0 Å². The van der Waals surface area contributed by atoms with Gasteiger partial charge in [-0.2, -0.15) is 0 Å². The van der Waals surface area contributed by atoms with Crippen LogP contribution in [-0.2, 0) is 6.42 Å². The van der Waals surface area contributed by atoms with E-state index in [4.69, 9.17) is 4.74 Å². The molecule has 1 heterocycles. The normalized spacial score (nSPS) is 24.6. The van der Waals surface area contributed by atoms with Crippen molar-refractivity contribution in [2.45, 2.75) is 25.0 Å². The third-order valence-corrected chi connectivity index (χ3v) is 3.05. The van der Waals surface area contributed by atoms with Crippen LogP contribution in [-0.4, -0.2) is 36.0 Å². The second kappa shape index (κ2) is 4.72. The van der Waals surface area contributed by atoms with Gasteiger partial charge in [0.2, 0.25) is 0 Å². The Morgan fingerprint density at radius 1 is 1.50 bits per heavy atom. The standard InChI is InChI=1S/C12H17NO3/c1-16-11-4-2-3-8(12(11)15)7-9-10(14)5-6-13-9/h2-4,9-10,13-15H,5-7H2,1H3. The van der Waals surface area contributed by atoms with E-state index in [0.29, 0.717) is 12.2 Å². The number of benzene rings is 1. The molecule has 1 aliphatic rings.